The molecule has 0 unspecified atom stereocenters. The van der Waals surface area contributed by atoms with E-state index < -0.39 is 15.8 Å². The van der Waals surface area contributed by atoms with Gasteiger partial charge >= 0.3 is 0 Å². The molecule has 0 aliphatic carbocycles. The van der Waals surface area contributed by atoms with Crippen molar-refractivity contribution < 1.29 is 12.8 Å². The van der Waals surface area contributed by atoms with E-state index in [4.69, 9.17) is 0 Å². The highest BCUT2D eigenvalue weighted by Gasteiger charge is 2.23. The zero-order valence-corrected chi connectivity index (χ0v) is 12.7. The van der Waals surface area contributed by atoms with E-state index in [9.17, 15) is 12.8 Å². The fraction of sp³-hybridized carbons (Fsp3) is 0.429. The van der Waals surface area contributed by atoms with Gasteiger partial charge in [-0.2, -0.15) is 4.31 Å². The second-order valence-corrected chi connectivity index (χ2v) is 6.52. The molecule has 0 radical (unpaired) electrons. The normalized spacial score (nSPS) is 11.8. The Bertz CT molecular complexity index is 558. The lowest BCUT2D eigenvalue weighted by Crippen LogP contribution is -2.28. The molecule has 0 saturated carbocycles. The van der Waals surface area contributed by atoms with Gasteiger partial charge in [-0.3, -0.25) is 0 Å². The van der Waals surface area contributed by atoms with Gasteiger partial charge in [0.25, 0.3) is 0 Å². The topological polar surface area (TPSA) is 49.4 Å². The number of hydrogen-bond donors (Lipinski definition) is 1. The molecule has 0 amide bonds. The van der Waals surface area contributed by atoms with E-state index in [1.807, 2.05) is 6.92 Å². The standard InChI is InChI=1S/C14H21FN2O2S/c1-4-8-16-11-12-6-7-13(15)10-14(12)20(18,19)17(3)9-5-2/h5-7,10,16H,2,4,8-9,11H2,1,3H3. The quantitative estimate of drug-likeness (QED) is 0.591. The molecular formula is C14H21FN2O2S. The van der Waals surface area contributed by atoms with Crippen LogP contribution in [-0.2, 0) is 16.6 Å². The van der Waals surface area contributed by atoms with Crippen molar-refractivity contribution in [3.05, 3.63) is 42.2 Å². The molecule has 0 aromatic heterocycles. The Morgan fingerprint density at radius 1 is 1.45 bits per heavy atom. The molecule has 1 N–H and O–H groups in total. The Morgan fingerprint density at radius 3 is 2.75 bits per heavy atom. The molecule has 6 heteroatoms. The van der Waals surface area contributed by atoms with Crippen LogP contribution >= 0.6 is 0 Å². The lowest BCUT2D eigenvalue weighted by Gasteiger charge is -2.18. The van der Waals surface area contributed by atoms with Gasteiger partial charge in [0.2, 0.25) is 10.0 Å². The summed E-state index contributed by atoms with van der Waals surface area (Å²) in [7, 11) is -2.26. The van der Waals surface area contributed by atoms with Gasteiger partial charge in [-0.15, -0.1) is 6.58 Å². The number of benzene rings is 1. The van der Waals surface area contributed by atoms with Crippen LogP contribution in [0.5, 0.6) is 0 Å². The Kier molecular flexibility index (Phi) is 6.32. The highest BCUT2D eigenvalue weighted by atomic mass is 32.2. The van der Waals surface area contributed by atoms with Crippen molar-refractivity contribution in [2.45, 2.75) is 24.8 Å². The van der Waals surface area contributed by atoms with Crippen molar-refractivity contribution >= 4 is 10.0 Å². The summed E-state index contributed by atoms with van der Waals surface area (Å²) in [5.41, 5.74) is 0.566. The van der Waals surface area contributed by atoms with Gasteiger partial charge in [-0.25, -0.2) is 12.8 Å². The van der Waals surface area contributed by atoms with Crippen LogP contribution in [0.25, 0.3) is 0 Å². The lowest BCUT2D eigenvalue weighted by molar-refractivity contribution is 0.496. The SMILES string of the molecule is C=CCN(C)S(=O)(=O)c1cc(F)ccc1CNCCC. The van der Waals surface area contributed by atoms with Gasteiger partial charge in [-0.1, -0.05) is 19.1 Å². The largest absolute Gasteiger partial charge is 0.313 e. The molecule has 4 nitrogen and oxygen atoms in total. The average molecular weight is 300 g/mol. The van der Waals surface area contributed by atoms with Crippen LogP contribution < -0.4 is 5.32 Å². The molecule has 0 spiro atoms. The van der Waals surface area contributed by atoms with Gasteiger partial charge in [0.05, 0.1) is 4.90 Å². The van der Waals surface area contributed by atoms with Crippen molar-refractivity contribution in [1.29, 1.82) is 0 Å². The molecule has 0 heterocycles. The molecule has 0 aliphatic rings. The van der Waals surface area contributed by atoms with Gasteiger partial charge in [0, 0.05) is 20.1 Å². The number of likely N-dealkylation sites (N-methyl/N-ethyl adjacent to an activating group) is 1. The molecule has 0 saturated heterocycles. The Morgan fingerprint density at radius 2 is 2.15 bits per heavy atom. The third kappa shape index (κ3) is 4.13. The second-order valence-electron chi connectivity index (χ2n) is 4.50. The first-order valence-electron chi connectivity index (χ1n) is 6.49. The minimum atomic E-state index is -3.71. The predicted molar refractivity (Wildman–Crippen MR) is 78.4 cm³/mol. The fourth-order valence-electron chi connectivity index (χ4n) is 1.76. The minimum absolute atomic E-state index is 0.00505. The van der Waals surface area contributed by atoms with Crippen LogP contribution in [0.3, 0.4) is 0 Å². The summed E-state index contributed by atoms with van der Waals surface area (Å²) in [6.07, 6.45) is 2.44. The highest BCUT2D eigenvalue weighted by molar-refractivity contribution is 7.89. The molecule has 0 bridgehead atoms. The zero-order valence-electron chi connectivity index (χ0n) is 11.9. The summed E-state index contributed by atoms with van der Waals surface area (Å²) in [4.78, 5) is 0.00505. The summed E-state index contributed by atoms with van der Waals surface area (Å²) in [5.74, 6) is -0.560. The van der Waals surface area contributed by atoms with Crippen LogP contribution in [0, 0.1) is 5.82 Å². The van der Waals surface area contributed by atoms with Crippen LogP contribution in [0.4, 0.5) is 4.39 Å². The average Bonchev–Trinajstić information content (AvgIpc) is 2.40. The fourth-order valence-corrected chi connectivity index (χ4v) is 3.13. The Hall–Kier alpha value is -1.24. The molecule has 1 aromatic carbocycles. The van der Waals surface area contributed by atoms with Gasteiger partial charge in [-0.05, 0) is 30.7 Å². The summed E-state index contributed by atoms with van der Waals surface area (Å²) >= 11 is 0. The molecule has 112 valence electrons. The van der Waals surface area contributed by atoms with E-state index in [1.54, 1.807) is 0 Å². The summed E-state index contributed by atoms with van der Waals surface area (Å²) in [6, 6.07) is 3.85. The minimum Gasteiger partial charge on any atom is -0.313 e. The van der Waals surface area contributed by atoms with E-state index in [-0.39, 0.29) is 11.4 Å². The Labute approximate surface area is 120 Å². The van der Waals surface area contributed by atoms with Crippen molar-refractivity contribution in [2.75, 3.05) is 20.1 Å². The maximum atomic E-state index is 13.4. The third-order valence-corrected chi connectivity index (χ3v) is 4.75. The molecule has 0 aliphatic heterocycles. The summed E-state index contributed by atoms with van der Waals surface area (Å²) in [5, 5.41) is 3.13. The van der Waals surface area contributed by atoms with Crippen molar-refractivity contribution in [1.82, 2.24) is 9.62 Å². The van der Waals surface area contributed by atoms with Crippen molar-refractivity contribution in [3.63, 3.8) is 0 Å². The first kappa shape index (κ1) is 16.8. The monoisotopic (exact) mass is 300 g/mol. The second kappa shape index (κ2) is 7.52. The van der Waals surface area contributed by atoms with Crippen molar-refractivity contribution in [3.8, 4) is 0 Å². The van der Waals surface area contributed by atoms with Gasteiger partial charge in [0.1, 0.15) is 5.82 Å². The zero-order chi connectivity index (χ0) is 15.2. The van der Waals surface area contributed by atoms with Crippen molar-refractivity contribution in [2.24, 2.45) is 0 Å². The Balaban J connectivity index is 3.13. The summed E-state index contributed by atoms with van der Waals surface area (Å²) < 4.78 is 39.4. The van der Waals surface area contributed by atoms with Gasteiger partial charge in [0.15, 0.2) is 0 Å². The van der Waals surface area contributed by atoms with Crippen LogP contribution in [0.15, 0.2) is 35.7 Å². The van der Waals surface area contributed by atoms with E-state index in [2.05, 4.69) is 11.9 Å². The molecule has 1 rings (SSSR count). The van der Waals surface area contributed by atoms with E-state index in [0.29, 0.717) is 12.1 Å². The van der Waals surface area contributed by atoms with Crippen LogP contribution in [0.2, 0.25) is 0 Å². The predicted octanol–water partition coefficient (Wildman–Crippen LogP) is 2.13. The maximum Gasteiger partial charge on any atom is 0.243 e. The maximum absolute atomic E-state index is 13.4. The molecule has 1 aromatic rings. The lowest BCUT2D eigenvalue weighted by atomic mass is 10.2. The highest BCUT2D eigenvalue weighted by Crippen LogP contribution is 2.20. The summed E-state index contributed by atoms with van der Waals surface area (Å²) in [6.45, 7) is 6.89. The number of nitrogens with one attached hydrogen (secondary N) is 1. The van der Waals surface area contributed by atoms with E-state index in [1.165, 1.54) is 25.3 Å². The number of nitrogens with zero attached hydrogens (tertiary/aromatic N) is 1. The number of rotatable bonds is 8. The van der Waals surface area contributed by atoms with Crippen LogP contribution in [-0.4, -0.2) is 32.9 Å². The molecule has 20 heavy (non-hydrogen) atoms. The van der Waals surface area contributed by atoms with Crippen LogP contribution in [0.1, 0.15) is 18.9 Å². The smallest absolute Gasteiger partial charge is 0.243 e. The number of hydrogen-bond acceptors (Lipinski definition) is 3. The van der Waals surface area contributed by atoms with E-state index in [0.717, 1.165) is 23.3 Å². The third-order valence-electron chi connectivity index (χ3n) is 2.85. The van der Waals surface area contributed by atoms with Gasteiger partial charge < -0.3 is 5.32 Å². The first-order chi connectivity index (χ1) is 9.43. The molecule has 0 fully saturated rings. The van der Waals surface area contributed by atoms with E-state index >= 15 is 0 Å². The number of sulfonamides is 1. The first-order valence-corrected chi connectivity index (χ1v) is 7.93. The molecular weight excluding hydrogens is 279 g/mol. The number of halogens is 1. The molecule has 0 atom stereocenters.